The molecule has 2 aromatic rings. The number of benzene rings is 1. The Morgan fingerprint density at radius 2 is 2.22 bits per heavy atom. The molecule has 0 aliphatic rings. The normalized spacial score (nSPS) is 10.8. The highest BCUT2D eigenvalue weighted by Gasteiger charge is 2.11. The van der Waals surface area contributed by atoms with E-state index in [1.54, 1.807) is 0 Å². The molecular weight excluding hydrogens is 230 g/mol. The first-order valence-corrected chi connectivity index (χ1v) is 5.97. The summed E-state index contributed by atoms with van der Waals surface area (Å²) in [6, 6.07) is 5.58. The fraction of sp³-hybridized carbons (Fsp3) is 0.385. The van der Waals surface area contributed by atoms with Gasteiger partial charge in [-0.3, -0.25) is 0 Å². The van der Waals surface area contributed by atoms with E-state index in [2.05, 4.69) is 17.1 Å². The number of rotatable bonds is 5. The van der Waals surface area contributed by atoms with Crippen molar-refractivity contribution in [2.24, 2.45) is 0 Å². The third kappa shape index (κ3) is 2.87. The molecule has 18 heavy (non-hydrogen) atoms. The van der Waals surface area contributed by atoms with Crippen LogP contribution in [-0.2, 0) is 11.3 Å². The lowest BCUT2D eigenvalue weighted by molar-refractivity contribution is 0.114. The second kappa shape index (κ2) is 5.64. The summed E-state index contributed by atoms with van der Waals surface area (Å²) in [6.45, 7) is 5.10. The zero-order valence-electron chi connectivity index (χ0n) is 10.6. The smallest absolute Gasteiger partial charge is 0.258 e. The van der Waals surface area contributed by atoms with Gasteiger partial charge in [-0.05, 0) is 37.1 Å². The van der Waals surface area contributed by atoms with Gasteiger partial charge in [-0.2, -0.15) is 4.98 Å². The number of aryl methyl sites for hydroxylation is 1. The molecule has 0 saturated carbocycles. The molecule has 0 unspecified atom stereocenters. The molecule has 0 atom stereocenters. The van der Waals surface area contributed by atoms with E-state index in [0.29, 0.717) is 24.9 Å². The van der Waals surface area contributed by atoms with E-state index in [-0.39, 0.29) is 0 Å². The van der Waals surface area contributed by atoms with Crippen LogP contribution in [0.5, 0.6) is 0 Å². The fourth-order valence-electron chi connectivity index (χ4n) is 1.66. The molecule has 96 valence electrons. The molecule has 1 aromatic heterocycles. The minimum Gasteiger partial charge on any atom is -0.399 e. The van der Waals surface area contributed by atoms with Crippen molar-refractivity contribution >= 4 is 5.69 Å². The number of ether oxygens (including phenoxy) is 1. The van der Waals surface area contributed by atoms with Gasteiger partial charge >= 0.3 is 0 Å². The third-order valence-electron chi connectivity index (χ3n) is 2.53. The van der Waals surface area contributed by atoms with Crippen molar-refractivity contribution in [3.63, 3.8) is 0 Å². The summed E-state index contributed by atoms with van der Waals surface area (Å²) in [5.74, 6) is 1.07. The lowest BCUT2D eigenvalue weighted by Crippen LogP contribution is -1.96. The number of anilines is 1. The lowest BCUT2D eigenvalue weighted by atomic mass is 10.1. The first kappa shape index (κ1) is 12.6. The van der Waals surface area contributed by atoms with Crippen LogP contribution in [0.2, 0.25) is 0 Å². The van der Waals surface area contributed by atoms with E-state index in [1.807, 2.05) is 25.1 Å². The molecule has 0 amide bonds. The molecule has 2 rings (SSSR count). The maximum absolute atomic E-state index is 5.71. The van der Waals surface area contributed by atoms with Crippen LogP contribution < -0.4 is 5.73 Å². The Morgan fingerprint density at radius 3 is 2.94 bits per heavy atom. The zero-order valence-corrected chi connectivity index (χ0v) is 10.6. The highest BCUT2D eigenvalue weighted by molar-refractivity contribution is 5.62. The molecule has 0 bridgehead atoms. The van der Waals surface area contributed by atoms with Gasteiger partial charge in [0.05, 0.1) is 0 Å². The van der Waals surface area contributed by atoms with Crippen LogP contribution in [-0.4, -0.2) is 16.7 Å². The Kier molecular flexibility index (Phi) is 3.94. The fourth-order valence-corrected chi connectivity index (χ4v) is 1.66. The number of nitrogens with two attached hydrogens (primary N) is 1. The maximum atomic E-state index is 5.71. The van der Waals surface area contributed by atoms with Crippen LogP contribution in [0.1, 0.15) is 24.7 Å². The van der Waals surface area contributed by atoms with Crippen molar-refractivity contribution in [1.82, 2.24) is 10.1 Å². The zero-order chi connectivity index (χ0) is 13.0. The summed E-state index contributed by atoms with van der Waals surface area (Å²) < 4.78 is 10.6. The average Bonchev–Trinajstić information content (AvgIpc) is 2.78. The first-order chi connectivity index (χ1) is 8.70. The van der Waals surface area contributed by atoms with Crippen molar-refractivity contribution in [2.45, 2.75) is 26.9 Å². The maximum Gasteiger partial charge on any atom is 0.258 e. The highest BCUT2D eigenvalue weighted by atomic mass is 16.5. The predicted octanol–water partition coefficient (Wildman–Crippen LogP) is 2.55. The predicted molar refractivity (Wildman–Crippen MR) is 68.8 cm³/mol. The Labute approximate surface area is 106 Å². The summed E-state index contributed by atoms with van der Waals surface area (Å²) >= 11 is 0. The molecule has 0 spiro atoms. The molecule has 0 radical (unpaired) electrons. The second-order valence-electron chi connectivity index (χ2n) is 4.14. The third-order valence-corrected chi connectivity index (χ3v) is 2.53. The van der Waals surface area contributed by atoms with Gasteiger partial charge in [0.2, 0.25) is 0 Å². The molecule has 5 heteroatoms. The average molecular weight is 247 g/mol. The van der Waals surface area contributed by atoms with Gasteiger partial charge in [0.15, 0.2) is 5.82 Å². The second-order valence-corrected chi connectivity index (χ2v) is 4.14. The topological polar surface area (TPSA) is 74.2 Å². The van der Waals surface area contributed by atoms with Crippen LogP contribution >= 0.6 is 0 Å². The van der Waals surface area contributed by atoms with E-state index in [0.717, 1.165) is 23.2 Å². The summed E-state index contributed by atoms with van der Waals surface area (Å²) in [4.78, 5) is 4.30. The number of hydrogen-bond donors (Lipinski definition) is 1. The number of nitrogens with zero attached hydrogens (tertiary/aromatic N) is 2. The molecule has 2 N–H and O–H groups in total. The van der Waals surface area contributed by atoms with Crippen molar-refractivity contribution in [3.8, 4) is 11.5 Å². The molecule has 0 aliphatic carbocycles. The van der Waals surface area contributed by atoms with Gasteiger partial charge < -0.3 is 15.0 Å². The van der Waals surface area contributed by atoms with E-state index in [9.17, 15) is 0 Å². The van der Waals surface area contributed by atoms with Gasteiger partial charge in [-0.25, -0.2) is 0 Å². The Balaban J connectivity index is 2.13. The number of aromatic nitrogens is 2. The van der Waals surface area contributed by atoms with Crippen LogP contribution in [0.15, 0.2) is 22.7 Å². The molecule has 0 saturated heterocycles. The van der Waals surface area contributed by atoms with E-state index in [1.165, 1.54) is 0 Å². The summed E-state index contributed by atoms with van der Waals surface area (Å²) in [6.07, 6.45) is 0.974. The molecule has 0 aliphatic heterocycles. The van der Waals surface area contributed by atoms with Crippen LogP contribution in [0, 0.1) is 6.92 Å². The lowest BCUT2D eigenvalue weighted by Gasteiger charge is -2.01. The quantitative estimate of drug-likeness (QED) is 0.649. The van der Waals surface area contributed by atoms with E-state index in [4.69, 9.17) is 15.0 Å². The molecule has 5 nitrogen and oxygen atoms in total. The van der Waals surface area contributed by atoms with Gasteiger partial charge in [-0.1, -0.05) is 12.1 Å². The van der Waals surface area contributed by atoms with Gasteiger partial charge in [0, 0.05) is 17.9 Å². The van der Waals surface area contributed by atoms with Crippen LogP contribution in [0.4, 0.5) is 5.69 Å². The van der Waals surface area contributed by atoms with Gasteiger partial charge in [0.1, 0.15) is 6.61 Å². The summed E-state index contributed by atoms with van der Waals surface area (Å²) in [7, 11) is 0. The van der Waals surface area contributed by atoms with Gasteiger partial charge in [0.25, 0.3) is 5.89 Å². The van der Waals surface area contributed by atoms with E-state index >= 15 is 0 Å². The number of nitrogen functional groups attached to an aromatic ring is 1. The SMILES string of the molecule is CCCOCc1noc(-c2ccc(N)cc2C)n1. The number of hydrogen-bond acceptors (Lipinski definition) is 5. The summed E-state index contributed by atoms with van der Waals surface area (Å²) in [5, 5.41) is 3.89. The highest BCUT2D eigenvalue weighted by Crippen LogP contribution is 2.23. The Morgan fingerprint density at radius 1 is 1.39 bits per heavy atom. The minimum atomic E-state index is 0.380. The largest absolute Gasteiger partial charge is 0.399 e. The van der Waals surface area contributed by atoms with Crippen molar-refractivity contribution in [1.29, 1.82) is 0 Å². The minimum absolute atomic E-state index is 0.380. The standard InChI is InChI=1S/C13H17N3O2/c1-3-6-17-8-12-15-13(18-16-12)11-5-4-10(14)7-9(11)2/h4-5,7H,3,6,8,14H2,1-2H3. The van der Waals surface area contributed by atoms with Crippen molar-refractivity contribution < 1.29 is 9.26 Å². The Hall–Kier alpha value is -1.88. The summed E-state index contributed by atoms with van der Waals surface area (Å²) in [5.41, 5.74) is 8.34. The van der Waals surface area contributed by atoms with Gasteiger partial charge in [-0.15, -0.1) is 0 Å². The molecular formula is C13H17N3O2. The van der Waals surface area contributed by atoms with Crippen molar-refractivity contribution in [2.75, 3.05) is 12.3 Å². The van der Waals surface area contributed by atoms with Crippen LogP contribution in [0.3, 0.4) is 0 Å². The molecule has 1 heterocycles. The first-order valence-electron chi connectivity index (χ1n) is 5.97. The van der Waals surface area contributed by atoms with Crippen LogP contribution in [0.25, 0.3) is 11.5 Å². The molecule has 0 fully saturated rings. The molecule has 1 aromatic carbocycles. The van der Waals surface area contributed by atoms with E-state index < -0.39 is 0 Å². The monoisotopic (exact) mass is 247 g/mol. The Bertz CT molecular complexity index is 523. The van der Waals surface area contributed by atoms with Crippen molar-refractivity contribution in [3.05, 3.63) is 29.6 Å².